The Morgan fingerprint density at radius 3 is 2.34 bits per heavy atom. The van der Waals surface area contributed by atoms with E-state index in [1.54, 1.807) is 32.4 Å². The van der Waals surface area contributed by atoms with Crippen LogP contribution in [0.4, 0.5) is 0 Å². The van der Waals surface area contributed by atoms with Crippen LogP contribution < -0.4 is 18.9 Å². The lowest BCUT2D eigenvalue weighted by Gasteiger charge is -2.13. The summed E-state index contributed by atoms with van der Waals surface area (Å²) in [5, 5.41) is 10.4. The van der Waals surface area contributed by atoms with E-state index in [0.29, 0.717) is 46.8 Å². The summed E-state index contributed by atoms with van der Waals surface area (Å²) in [6.45, 7) is 2.71. The van der Waals surface area contributed by atoms with Crippen LogP contribution in [0.1, 0.15) is 23.6 Å². The molecule has 3 aromatic carbocycles. The van der Waals surface area contributed by atoms with Gasteiger partial charge in [-0.3, -0.25) is 0 Å². The quantitative estimate of drug-likeness (QED) is 0.279. The molecule has 164 valence electrons. The number of nitrogens with zero attached hydrogens (tertiary/aromatic N) is 1. The molecule has 3 rings (SSSR count). The smallest absolute Gasteiger partial charge is 0.161 e. The Bertz CT molecular complexity index is 1150. The maximum Gasteiger partial charge on any atom is 0.161 e. The van der Waals surface area contributed by atoms with Gasteiger partial charge in [0.05, 0.1) is 32.5 Å². The molecule has 0 N–H and O–H groups in total. The van der Waals surface area contributed by atoms with Gasteiger partial charge in [-0.15, -0.1) is 0 Å². The summed E-state index contributed by atoms with van der Waals surface area (Å²) in [4.78, 5) is 0. The van der Waals surface area contributed by atoms with Crippen LogP contribution in [0.25, 0.3) is 11.6 Å². The van der Waals surface area contributed by atoms with E-state index >= 15 is 0 Å². The Labute approximate surface area is 193 Å². The summed E-state index contributed by atoms with van der Waals surface area (Å²) < 4.78 is 22.4. The number of ether oxygens (including phenoxy) is 4. The third-order valence-electron chi connectivity index (χ3n) is 4.73. The molecule has 6 heteroatoms. The highest BCUT2D eigenvalue weighted by Gasteiger charge is 2.11. The average molecular weight is 450 g/mol. The number of halogens is 1. The third kappa shape index (κ3) is 5.54. The van der Waals surface area contributed by atoms with Crippen molar-refractivity contribution in [3.8, 4) is 29.1 Å². The van der Waals surface area contributed by atoms with Gasteiger partial charge in [-0.2, -0.15) is 5.26 Å². The van der Waals surface area contributed by atoms with Crippen molar-refractivity contribution in [2.45, 2.75) is 13.5 Å². The molecule has 0 amide bonds. The van der Waals surface area contributed by atoms with Crippen LogP contribution in [0.3, 0.4) is 0 Å². The highest BCUT2D eigenvalue weighted by atomic mass is 35.5. The van der Waals surface area contributed by atoms with E-state index in [4.69, 9.17) is 30.5 Å². The molecule has 0 aliphatic rings. The Kier molecular flexibility index (Phi) is 8.02. The fourth-order valence-corrected chi connectivity index (χ4v) is 3.31. The zero-order chi connectivity index (χ0) is 22.9. The lowest BCUT2D eigenvalue weighted by atomic mass is 10.0. The van der Waals surface area contributed by atoms with Gasteiger partial charge in [-0.1, -0.05) is 35.9 Å². The highest BCUT2D eigenvalue weighted by molar-refractivity contribution is 6.31. The van der Waals surface area contributed by atoms with Crippen LogP contribution in [0.15, 0.2) is 60.7 Å². The van der Waals surface area contributed by atoms with Gasteiger partial charge in [0, 0.05) is 10.6 Å². The van der Waals surface area contributed by atoms with E-state index in [1.807, 2.05) is 55.5 Å². The van der Waals surface area contributed by atoms with Gasteiger partial charge in [0.15, 0.2) is 23.0 Å². The monoisotopic (exact) mass is 449 g/mol. The predicted octanol–water partition coefficient (Wildman–Crippen LogP) is 6.40. The minimum atomic E-state index is 0.323. The summed E-state index contributed by atoms with van der Waals surface area (Å²) in [5.74, 6) is 2.36. The molecule has 0 aliphatic heterocycles. The first kappa shape index (κ1) is 23.1. The summed E-state index contributed by atoms with van der Waals surface area (Å²) in [6, 6.07) is 20.7. The number of hydrogen-bond donors (Lipinski definition) is 0. The molecule has 0 aromatic heterocycles. The first-order valence-electron chi connectivity index (χ1n) is 10.1. The van der Waals surface area contributed by atoms with Crippen LogP contribution in [0.2, 0.25) is 5.02 Å². The van der Waals surface area contributed by atoms with Gasteiger partial charge < -0.3 is 18.9 Å². The van der Waals surface area contributed by atoms with Gasteiger partial charge >= 0.3 is 0 Å². The van der Waals surface area contributed by atoms with Gasteiger partial charge in [-0.05, 0) is 60.5 Å². The molecule has 0 aliphatic carbocycles. The predicted molar refractivity (Wildman–Crippen MR) is 126 cm³/mol. The van der Waals surface area contributed by atoms with E-state index in [-0.39, 0.29) is 0 Å². The molecule has 0 atom stereocenters. The third-order valence-corrected chi connectivity index (χ3v) is 5.10. The highest BCUT2D eigenvalue weighted by Crippen LogP contribution is 2.33. The minimum absolute atomic E-state index is 0.323. The van der Waals surface area contributed by atoms with Crippen molar-refractivity contribution in [2.75, 3.05) is 20.8 Å². The first-order chi connectivity index (χ1) is 15.6. The first-order valence-corrected chi connectivity index (χ1v) is 10.4. The Hall–Kier alpha value is -3.62. The van der Waals surface area contributed by atoms with Crippen LogP contribution in [-0.4, -0.2) is 20.8 Å². The molecule has 32 heavy (non-hydrogen) atoms. The standard InChI is InChI=1S/C26H24ClNO4/c1-4-31-26-14-18(9-11-24(26)32-17-20-7-5-6-8-22(20)27)13-21(16-28)19-10-12-23(29-2)25(15-19)30-3/h5-15H,4,17H2,1-3H3/b21-13+. The fraction of sp³-hybridized carbons (Fsp3) is 0.192. The van der Waals surface area contributed by atoms with Crippen LogP contribution in [0, 0.1) is 11.3 Å². The molecule has 0 heterocycles. The fourth-order valence-electron chi connectivity index (χ4n) is 3.12. The lowest BCUT2D eigenvalue weighted by Crippen LogP contribution is -2.00. The van der Waals surface area contributed by atoms with E-state index < -0.39 is 0 Å². The van der Waals surface area contributed by atoms with Crippen molar-refractivity contribution in [1.29, 1.82) is 5.26 Å². The van der Waals surface area contributed by atoms with E-state index in [1.165, 1.54) is 0 Å². The lowest BCUT2D eigenvalue weighted by molar-refractivity contribution is 0.269. The molecule has 0 fully saturated rings. The van der Waals surface area contributed by atoms with Gasteiger partial charge in [0.25, 0.3) is 0 Å². The maximum atomic E-state index is 9.74. The number of benzene rings is 3. The van der Waals surface area contributed by atoms with Crippen LogP contribution >= 0.6 is 11.6 Å². The zero-order valence-electron chi connectivity index (χ0n) is 18.2. The second kappa shape index (κ2) is 11.1. The summed E-state index contributed by atoms with van der Waals surface area (Å²) in [7, 11) is 3.14. The minimum Gasteiger partial charge on any atom is -0.493 e. The molecular weight excluding hydrogens is 426 g/mol. The number of rotatable bonds is 9. The van der Waals surface area contributed by atoms with E-state index in [2.05, 4.69) is 6.07 Å². The average Bonchev–Trinajstić information content (AvgIpc) is 2.82. The molecular formula is C26H24ClNO4. The summed E-state index contributed by atoms with van der Waals surface area (Å²) >= 11 is 6.22. The van der Waals surface area contributed by atoms with Crippen LogP contribution in [0.5, 0.6) is 23.0 Å². The normalized spacial score (nSPS) is 10.9. The SMILES string of the molecule is CCOc1cc(/C=C(\C#N)c2ccc(OC)c(OC)c2)ccc1OCc1ccccc1Cl. The maximum absolute atomic E-state index is 9.74. The largest absolute Gasteiger partial charge is 0.493 e. The Morgan fingerprint density at radius 2 is 1.66 bits per heavy atom. The van der Waals surface area contributed by atoms with Crippen LogP contribution in [-0.2, 0) is 6.61 Å². The second-order valence-corrected chi connectivity index (χ2v) is 7.17. The van der Waals surface area contributed by atoms with Crippen molar-refractivity contribution in [3.63, 3.8) is 0 Å². The van der Waals surface area contributed by atoms with E-state index in [0.717, 1.165) is 16.7 Å². The number of nitriles is 1. The van der Waals surface area contributed by atoms with Crippen molar-refractivity contribution in [3.05, 3.63) is 82.4 Å². The molecule has 3 aromatic rings. The number of methoxy groups -OCH3 is 2. The molecule has 0 bridgehead atoms. The molecule has 0 spiro atoms. The van der Waals surface area contributed by atoms with E-state index in [9.17, 15) is 5.26 Å². The molecule has 5 nitrogen and oxygen atoms in total. The summed E-state index contributed by atoms with van der Waals surface area (Å²) in [6.07, 6.45) is 1.79. The molecule has 0 radical (unpaired) electrons. The van der Waals surface area contributed by atoms with Gasteiger partial charge in [0.2, 0.25) is 0 Å². The van der Waals surface area contributed by atoms with Crippen molar-refractivity contribution >= 4 is 23.3 Å². The van der Waals surface area contributed by atoms with Gasteiger partial charge in [0.1, 0.15) is 6.61 Å². The molecule has 0 saturated carbocycles. The second-order valence-electron chi connectivity index (χ2n) is 6.76. The molecule has 0 unspecified atom stereocenters. The Balaban J connectivity index is 1.89. The van der Waals surface area contributed by atoms with Crippen molar-refractivity contribution in [2.24, 2.45) is 0 Å². The Morgan fingerprint density at radius 1 is 0.906 bits per heavy atom. The van der Waals surface area contributed by atoms with Crippen molar-refractivity contribution in [1.82, 2.24) is 0 Å². The summed E-state index contributed by atoms with van der Waals surface area (Å²) in [5.41, 5.74) is 2.91. The number of hydrogen-bond acceptors (Lipinski definition) is 5. The molecule has 0 saturated heterocycles. The number of allylic oxidation sites excluding steroid dienone is 1. The van der Waals surface area contributed by atoms with Gasteiger partial charge in [-0.25, -0.2) is 0 Å². The zero-order valence-corrected chi connectivity index (χ0v) is 19.0. The van der Waals surface area contributed by atoms with Crippen molar-refractivity contribution < 1.29 is 18.9 Å². The topological polar surface area (TPSA) is 60.7 Å².